The molecule has 1 aliphatic carbocycles. The number of nitrogens with zero attached hydrogens (tertiary/aromatic N) is 2. The molecule has 0 saturated heterocycles. The molecule has 2 aliphatic rings. The fourth-order valence-electron chi connectivity index (χ4n) is 3.51. The van der Waals surface area contributed by atoms with Gasteiger partial charge in [0.25, 0.3) is 0 Å². The van der Waals surface area contributed by atoms with Crippen molar-refractivity contribution in [2.24, 2.45) is 4.99 Å². The Morgan fingerprint density at radius 1 is 1.31 bits per heavy atom. The number of amides is 1. The van der Waals surface area contributed by atoms with Gasteiger partial charge >= 0.3 is 6.09 Å². The molecule has 1 heterocycles. The van der Waals surface area contributed by atoms with Crippen LogP contribution in [0, 0.1) is 0 Å². The Balaban J connectivity index is 1.70. The number of carbonyl (C=O) groups is 1. The zero-order valence-electron chi connectivity index (χ0n) is 16.9. The Hall–Kier alpha value is -1.78. The lowest BCUT2D eigenvalue weighted by atomic mass is 10.2. The van der Waals surface area contributed by atoms with E-state index in [4.69, 9.17) is 4.74 Å². The first kappa shape index (κ1) is 21.9. The number of ether oxygens (including phenoxy) is 1. The van der Waals surface area contributed by atoms with Crippen molar-refractivity contribution in [3.05, 3.63) is 18.2 Å². The summed E-state index contributed by atoms with van der Waals surface area (Å²) in [5.41, 5.74) is 1.00. The molecule has 1 atom stereocenters. The van der Waals surface area contributed by atoms with Gasteiger partial charge in [0.2, 0.25) is 10.0 Å². The molecule has 10 heteroatoms. The van der Waals surface area contributed by atoms with E-state index in [1.54, 1.807) is 37.8 Å². The highest BCUT2D eigenvalue weighted by Gasteiger charge is 2.31. The van der Waals surface area contributed by atoms with Crippen LogP contribution in [-0.2, 0) is 25.6 Å². The summed E-state index contributed by atoms with van der Waals surface area (Å²) in [6.45, 7) is 5.65. The largest absolute Gasteiger partial charge is 0.444 e. The SMILES string of the molecule is CC(C)(C)OC(=O)N(CCNS(=O)(=O)c1cccc2c1S(=O)C=N2)C1CCCC1. The second kappa shape index (κ2) is 8.53. The predicted molar refractivity (Wildman–Crippen MR) is 111 cm³/mol. The molecule has 8 nitrogen and oxygen atoms in total. The number of aliphatic imine (C=N–C) groups is 1. The van der Waals surface area contributed by atoms with Gasteiger partial charge in [0, 0.05) is 19.1 Å². The highest BCUT2D eigenvalue weighted by molar-refractivity contribution is 7.99. The molecule has 1 aromatic carbocycles. The molecular formula is C19H27N3O5S2. The Morgan fingerprint density at radius 3 is 2.66 bits per heavy atom. The minimum Gasteiger partial charge on any atom is -0.444 e. The van der Waals surface area contributed by atoms with Crippen molar-refractivity contribution in [2.45, 2.75) is 67.9 Å². The average molecular weight is 442 g/mol. The summed E-state index contributed by atoms with van der Waals surface area (Å²) in [5.74, 6) is 0. The third-order valence-electron chi connectivity index (χ3n) is 4.77. The fourth-order valence-corrected chi connectivity index (χ4v) is 6.12. The number of sulfonamides is 1. The van der Waals surface area contributed by atoms with Gasteiger partial charge in [-0.25, -0.2) is 27.1 Å². The van der Waals surface area contributed by atoms with E-state index in [0.717, 1.165) is 25.7 Å². The predicted octanol–water partition coefficient (Wildman–Crippen LogP) is 2.93. The van der Waals surface area contributed by atoms with E-state index in [1.165, 1.54) is 11.6 Å². The minimum absolute atomic E-state index is 0.0369. The highest BCUT2D eigenvalue weighted by atomic mass is 32.2. The van der Waals surface area contributed by atoms with E-state index < -0.39 is 32.5 Å². The number of rotatable bonds is 6. The number of benzene rings is 1. The Labute approximate surface area is 174 Å². The van der Waals surface area contributed by atoms with Crippen LogP contribution in [-0.4, -0.2) is 53.9 Å². The van der Waals surface area contributed by atoms with Gasteiger partial charge in [0.1, 0.15) is 10.5 Å². The lowest BCUT2D eigenvalue weighted by Gasteiger charge is -2.31. The van der Waals surface area contributed by atoms with Crippen LogP contribution >= 0.6 is 0 Å². The Bertz CT molecular complexity index is 932. The molecule has 1 amide bonds. The fraction of sp³-hybridized carbons (Fsp3) is 0.579. The van der Waals surface area contributed by atoms with E-state index >= 15 is 0 Å². The first-order valence-electron chi connectivity index (χ1n) is 9.65. The molecule has 1 fully saturated rings. The van der Waals surface area contributed by atoms with Crippen LogP contribution in [0.25, 0.3) is 0 Å². The number of carbonyl (C=O) groups excluding carboxylic acids is 1. The van der Waals surface area contributed by atoms with E-state index in [0.29, 0.717) is 5.69 Å². The van der Waals surface area contributed by atoms with Crippen LogP contribution in [0.2, 0.25) is 0 Å². The number of fused-ring (bicyclic) bond motifs is 1. The van der Waals surface area contributed by atoms with Crippen molar-refractivity contribution in [1.29, 1.82) is 0 Å². The lowest BCUT2D eigenvalue weighted by Crippen LogP contribution is -2.46. The number of hydrogen-bond donors (Lipinski definition) is 1. The molecule has 1 saturated carbocycles. The second-order valence-corrected chi connectivity index (χ2v) is 11.1. The third kappa shape index (κ3) is 5.23. The topological polar surface area (TPSA) is 105 Å². The van der Waals surface area contributed by atoms with E-state index in [-0.39, 0.29) is 28.9 Å². The zero-order chi connectivity index (χ0) is 21.2. The van der Waals surface area contributed by atoms with E-state index in [2.05, 4.69) is 9.71 Å². The summed E-state index contributed by atoms with van der Waals surface area (Å²) in [5, 5.41) is 0. The molecule has 1 aromatic rings. The first-order valence-corrected chi connectivity index (χ1v) is 12.4. The molecule has 1 aliphatic heterocycles. The maximum atomic E-state index is 12.8. The summed E-state index contributed by atoms with van der Waals surface area (Å²) in [6, 6.07) is 4.66. The van der Waals surface area contributed by atoms with Gasteiger partial charge in [0.05, 0.1) is 26.9 Å². The number of hydrogen-bond acceptors (Lipinski definition) is 6. The van der Waals surface area contributed by atoms with Gasteiger partial charge in [-0.2, -0.15) is 0 Å². The summed E-state index contributed by atoms with van der Waals surface area (Å²) in [7, 11) is -5.49. The van der Waals surface area contributed by atoms with Crippen LogP contribution < -0.4 is 4.72 Å². The summed E-state index contributed by atoms with van der Waals surface area (Å²) < 4.78 is 45.8. The molecule has 0 spiro atoms. The normalized spacial score (nSPS) is 19.3. The van der Waals surface area contributed by atoms with Gasteiger partial charge in [-0.1, -0.05) is 18.9 Å². The summed E-state index contributed by atoms with van der Waals surface area (Å²) in [4.78, 5) is 18.4. The molecule has 0 radical (unpaired) electrons. The summed E-state index contributed by atoms with van der Waals surface area (Å²) >= 11 is 0. The van der Waals surface area contributed by atoms with Crippen LogP contribution in [0.4, 0.5) is 10.5 Å². The Kier molecular flexibility index (Phi) is 6.45. The monoisotopic (exact) mass is 441 g/mol. The quantitative estimate of drug-likeness (QED) is 0.731. The first-order chi connectivity index (χ1) is 13.6. The van der Waals surface area contributed by atoms with Crippen molar-refractivity contribution in [2.75, 3.05) is 13.1 Å². The van der Waals surface area contributed by atoms with Crippen LogP contribution in [0.15, 0.2) is 33.0 Å². The molecule has 0 bridgehead atoms. The van der Waals surface area contributed by atoms with Gasteiger partial charge in [-0.3, -0.25) is 0 Å². The van der Waals surface area contributed by atoms with Gasteiger partial charge < -0.3 is 9.64 Å². The standard InChI is InChI=1S/C19H27N3O5S2/c1-19(2,3)27-18(23)22(14-7-4-5-8-14)12-11-21-29(25,26)16-10-6-9-15-17(16)28(24)13-20-15/h6,9-10,13-14,21H,4-5,7-8,11-12H2,1-3H3. The van der Waals surface area contributed by atoms with Crippen molar-refractivity contribution >= 4 is 38.2 Å². The maximum absolute atomic E-state index is 12.8. The molecule has 29 heavy (non-hydrogen) atoms. The molecule has 0 aromatic heterocycles. The zero-order valence-corrected chi connectivity index (χ0v) is 18.5. The van der Waals surface area contributed by atoms with E-state index in [1.807, 2.05) is 0 Å². The van der Waals surface area contributed by atoms with Gasteiger partial charge in [0.15, 0.2) is 0 Å². The second-order valence-electron chi connectivity index (χ2n) is 8.15. The van der Waals surface area contributed by atoms with Gasteiger partial charge in [-0.05, 0) is 45.7 Å². The highest BCUT2D eigenvalue weighted by Crippen LogP contribution is 2.33. The summed E-state index contributed by atoms with van der Waals surface area (Å²) in [6.07, 6.45) is 3.41. The van der Waals surface area contributed by atoms with Crippen LogP contribution in [0.3, 0.4) is 0 Å². The third-order valence-corrected chi connectivity index (χ3v) is 7.54. The maximum Gasteiger partial charge on any atom is 0.410 e. The van der Waals surface area contributed by atoms with Crippen molar-refractivity contribution < 1.29 is 22.2 Å². The Morgan fingerprint density at radius 2 is 2.00 bits per heavy atom. The minimum atomic E-state index is -3.90. The molecule has 3 rings (SSSR count). The number of nitrogens with one attached hydrogen (secondary N) is 1. The van der Waals surface area contributed by atoms with Gasteiger partial charge in [-0.15, -0.1) is 0 Å². The molecule has 1 unspecified atom stereocenters. The molecular weight excluding hydrogens is 414 g/mol. The lowest BCUT2D eigenvalue weighted by molar-refractivity contribution is 0.0170. The van der Waals surface area contributed by atoms with E-state index in [9.17, 15) is 17.4 Å². The smallest absolute Gasteiger partial charge is 0.410 e. The molecule has 160 valence electrons. The van der Waals surface area contributed by atoms with Crippen molar-refractivity contribution in [1.82, 2.24) is 9.62 Å². The van der Waals surface area contributed by atoms with Crippen LogP contribution in [0.1, 0.15) is 46.5 Å². The molecule has 1 N–H and O–H groups in total. The van der Waals surface area contributed by atoms with Crippen molar-refractivity contribution in [3.63, 3.8) is 0 Å². The van der Waals surface area contributed by atoms with Crippen LogP contribution in [0.5, 0.6) is 0 Å². The van der Waals surface area contributed by atoms with Crippen molar-refractivity contribution in [3.8, 4) is 0 Å². The average Bonchev–Trinajstić information content (AvgIpc) is 3.27.